The fourth-order valence-electron chi connectivity index (χ4n) is 1.82. The third kappa shape index (κ3) is 1.86. The maximum atomic E-state index is 11.1. The molecular formula is C12H10N6O. The highest BCUT2D eigenvalue weighted by Gasteiger charge is 2.10. The standard InChI is InChI=1S/C12H10N6O/c13-7-1-2-8-10(5-7)15-6-16-12(8)18-4-3-9(17-18)11(14)19/h1-6H,13H2,(H2,14,19). The molecule has 0 saturated heterocycles. The molecule has 0 unspecified atom stereocenters. The molecule has 0 aliphatic rings. The van der Waals surface area contributed by atoms with E-state index in [2.05, 4.69) is 15.1 Å². The number of hydrogen-bond acceptors (Lipinski definition) is 5. The Hall–Kier alpha value is -2.96. The van der Waals surface area contributed by atoms with E-state index < -0.39 is 5.91 Å². The van der Waals surface area contributed by atoms with E-state index in [9.17, 15) is 4.79 Å². The lowest BCUT2D eigenvalue weighted by Crippen LogP contribution is -2.12. The number of anilines is 1. The lowest BCUT2D eigenvalue weighted by molar-refractivity contribution is 0.0995. The van der Waals surface area contributed by atoms with Crippen LogP contribution >= 0.6 is 0 Å². The second-order valence-electron chi connectivity index (χ2n) is 3.98. The highest BCUT2D eigenvalue weighted by Crippen LogP contribution is 2.20. The summed E-state index contributed by atoms with van der Waals surface area (Å²) in [6, 6.07) is 6.85. The van der Waals surface area contributed by atoms with Gasteiger partial charge in [0.2, 0.25) is 0 Å². The molecule has 4 N–H and O–H groups in total. The minimum Gasteiger partial charge on any atom is -0.399 e. The fraction of sp³-hybridized carbons (Fsp3) is 0. The highest BCUT2D eigenvalue weighted by atomic mass is 16.1. The minimum absolute atomic E-state index is 0.183. The van der Waals surface area contributed by atoms with Crippen LogP contribution in [-0.4, -0.2) is 25.7 Å². The zero-order chi connectivity index (χ0) is 13.4. The van der Waals surface area contributed by atoms with E-state index in [1.807, 2.05) is 6.07 Å². The van der Waals surface area contributed by atoms with Crippen LogP contribution in [0.1, 0.15) is 10.5 Å². The molecule has 19 heavy (non-hydrogen) atoms. The van der Waals surface area contributed by atoms with Gasteiger partial charge in [0.1, 0.15) is 12.0 Å². The molecule has 94 valence electrons. The Balaban J connectivity index is 2.21. The van der Waals surface area contributed by atoms with Gasteiger partial charge < -0.3 is 11.5 Å². The van der Waals surface area contributed by atoms with Crippen molar-refractivity contribution >= 4 is 22.5 Å². The van der Waals surface area contributed by atoms with Crippen molar-refractivity contribution in [3.05, 3.63) is 42.5 Å². The average molecular weight is 254 g/mol. The summed E-state index contributed by atoms with van der Waals surface area (Å²) in [7, 11) is 0. The van der Waals surface area contributed by atoms with Crippen LogP contribution in [0.15, 0.2) is 36.8 Å². The van der Waals surface area contributed by atoms with Gasteiger partial charge in [0, 0.05) is 17.3 Å². The van der Waals surface area contributed by atoms with Crippen LogP contribution in [0, 0.1) is 0 Å². The van der Waals surface area contributed by atoms with E-state index in [1.165, 1.54) is 17.1 Å². The first-order valence-electron chi connectivity index (χ1n) is 5.51. The van der Waals surface area contributed by atoms with Gasteiger partial charge in [0.25, 0.3) is 5.91 Å². The number of nitrogens with zero attached hydrogens (tertiary/aromatic N) is 4. The number of nitrogen functional groups attached to an aromatic ring is 1. The van der Waals surface area contributed by atoms with Gasteiger partial charge in [-0.3, -0.25) is 4.79 Å². The van der Waals surface area contributed by atoms with Crippen LogP contribution < -0.4 is 11.5 Å². The molecule has 0 spiro atoms. The van der Waals surface area contributed by atoms with Gasteiger partial charge in [-0.05, 0) is 24.3 Å². The van der Waals surface area contributed by atoms with Crippen LogP contribution in [0.3, 0.4) is 0 Å². The zero-order valence-electron chi connectivity index (χ0n) is 9.82. The third-order valence-electron chi connectivity index (χ3n) is 2.70. The molecule has 0 aliphatic carbocycles. The Labute approximate surface area is 107 Å². The Morgan fingerprint density at radius 3 is 2.79 bits per heavy atom. The van der Waals surface area contributed by atoms with Gasteiger partial charge in [-0.25, -0.2) is 14.6 Å². The van der Waals surface area contributed by atoms with Gasteiger partial charge in [-0.1, -0.05) is 0 Å². The van der Waals surface area contributed by atoms with Crippen LogP contribution in [0.25, 0.3) is 16.7 Å². The number of hydrogen-bond donors (Lipinski definition) is 2. The maximum Gasteiger partial charge on any atom is 0.269 e. The van der Waals surface area contributed by atoms with Crippen LogP contribution in [0.2, 0.25) is 0 Å². The number of carbonyl (C=O) groups excluding carboxylic acids is 1. The highest BCUT2D eigenvalue weighted by molar-refractivity contribution is 5.91. The summed E-state index contributed by atoms with van der Waals surface area (Å²) in [5, 5.41) is 4.86. The van der Waals surface area contributed by atoms with Crippen LogP contribution in [0.5, 0.6) is 0 Å². The molecule has 2 heterocycles. The van der Waals surface area contributed by atoms with Gasteiger partial charge in [-0.15, -0.1) is 0 Å². The quantitative estimate of drug-likeness (QED) is 0.646. The van der Waals surface area contributed by atoms with Crippen molar-refractivity contribution in [3.8, 4) is 5.82 Å². The summed E-state index contributed by atoms with van der Waals surface area (Å²) in [6.45, 7) is 0. The smallest absolute Gasteiger partial charge is 0.269 e. The fourth-order valence-corrected chi connectivity index (χ4v) is 1.82. The number of rotatable bonds is 2. The molecule has 0 saturated carbocycles. The number of aromatic nitrogens is 4. The number of carbonyl (C=O) groups is 1. The van der Waals surface area contributed by atoms with Crippen LogP contribution in [0.4, 0.5) is 5.69 Å². The molecule has 0 aliphatic heterocycles. The SMILES string of the molecule is NC(=O)c1ccn(-c2ncnc3cc(N)ccc23)n1. The molecule has 0 radical (unpaired) electrons. The Bertz CT molecular complexity index is 779. The van der Waals surface area contributed by atoms with Crippen molar-refractivity contribution in [2.75, 3.05) is 5.73 Å². The summed E-state index contributed by atoms with van der Waals surface area (Å²) in [4.78, 5) is 19.4. The average Bonchev–Trinajstić information content (AvgIpc) is 2.87. The minimum atomic E-state index is -0.582. The molecule has 0 bridgehead atoms. The van der Waals surface area contributed by atoms with Crippen molar-refractivity contribution in [2.24, 2.45) is 5.73 Å². The van der Waals surface area contributed by atoms with Crippen molar-refractivity contribution in [1.29, 1.82) is 0 Å². The summed E-state index contributed by atoms with van der Waals surface area (Å²) in [6.07, 6.45) is 3.04. The predicted octanol–water partition coefficient (Wildman–Crippen LogP) is 0.497. The summed E-state index contributed by atoms with van der Waals surface area (Å²) in [5.74, 6) is -0.0149. The lowest BCUT2D eigenvalue weighted by atomic mass is 10.2. The van der Waals surface area contributed by atoms with E-state index in [1.54, 1.807) is 18.3 Å². The number of nitrogens with two attached hydrogens (primary N) is 2. The van der Waals surface area contributed by atoms with E-state index in [0.717, 1.165) is 5.39 Å². The number of benzene rings is 1. The third-order valence-corrected chi connectivity index (χ3v) is 2.70. The van der Waals surface area contributed by atoms with Crippen molar-refractivity contribution in [3.63, 3.8) is 0 Å². The first-order chi connectivity index (χ1) is 9.15. The Morgan fingerprint density at radius 2 is 2.05 bits per heavy atom. The Morgan fingerprint density at radius 1 is 1.21 bits per heavy atom. The molecule has 2 aromatic heterocycles. The molecule has 1 amide bonds. The second kappa shape index (κ2) is 4.05. The maximum absolute atomic E-state index is 11.1. The van der Waals surface area contributed by atoms with Gasteiger partial charge in [0.05, 0.1) is 5.52 Å². The summed E-state index contributed by atoms with van der Waals surface area (Å²) < 4.78 is 1.49. The van der Waals surface area contributed by atoms with E-state index >= 15 is 0 Å². The molecule has 0 atom stereocenters. The molecule has 7 nitrogen and oxygen atoms in total. The Kier molecular flexibility index (Phi) is 2.38. The van der Waals surface area contributed by atoms with E-state index in [-0.39, 0.29) is 5.69 Å². The molecule has 1 aromatic carbocycles. The van der Waals surface area contributed by atoms with Gasteiger partial charge >= 0.3 is 0 Å². The van der Waals surface area contributed by atoms with Crippen LogP contribution in [-0.2, 0) is 0 Å². The predicted molar refractivity (Wildman–Crippen MR) is 69.6 cm³/mol. The van der Waals surface area contributed by atoms with Gasteiger partial charge in [0.15, 0.2) is 5.82 Å². The van der Waals surface area contributed by atoms with Crippen molar-refractivity contribution < 1.29 is 4.79 Å². The molecule has 7 heteroatoms. The lowest BCUT2D eigenvalue weighted by Gasteiger charge is -2.05. The van der Waals surface area contributed by atoms with E-state index in [4.69, 9.17) is 11.5 Å². The second-order valence-corrected chi connectivity index (χ2v) is 3.98. The summed E-state index contributed by atoms with van der Waals surface area (Å²) in [5.41, 5.74) is 12.4. The first kappa shape index (κ1) is 11.1. The molecule has 3 rings (SSSR count). The van der Waals surface area contributed by atoms with Gasteiger partial charge in [-0.2, -0.15) is 5.10 Å². The zero-order valence-corrected chi connectivity index (χ0v) is 9.82. The first-order valence-corrected chi connectivity index (χ1v) is 5.51. The van der Waals surface area contributed by atoms with E-state index in [0.29, 0.717) is 17.0 Å². The van der Waals surface area contributed by atoms with Crippen molar-refractivity contribution in [2.45, 2.75) is 0 Å². The van der Waals surface area contributed by atoms with Crippen molar-refractivity contribution in [1.82, 2.24) is 19.7 Å². The molecule has 3 aromatic rings. The number of fused-ring (bicyclic) bond motifs is 1. The topological polar surface area (TPSA) is 113 Å². The normalized spacial score (nSPS) is 10.7. The largest absolute Gasteiger partial charge is 0.399 e. The number of primary amides is 1. The molecular weight excluding hydrogens is 244 g/mol. The number of amides is 1. The molecule has 0 fully saturated rings. The monoisotopic (exact) mass is 254 g/mol. The summed E-state index contributed by atoms with van der Waals surface area (Å²) >= 11 is 0.